The van der Waals surface area contributed by atoms with Crippen molar-refractivity contribution in [1.29, 1.82) is 0 Å². The highest BCUT2D eigenvalue weighted by Crippen LogP contribution is 2.34. The van der Waals surface area contributed by atoms with Gasteiger partial charge < -0.3 is 10.2 Å². The summed E-state index contributed by atoms with van der Waals surface area (Å²) in [6.45, 7) is 5.47. The second kappa shape index (κ2) is 6.08. The first kappa shape index (κ1) is 13.3. The number of nitrogens with zero attached hydrogens (tertiary/aromatic N) is 2. The standard InChI is InChI=1S/C12H19N3O2/c1-4-9-13-10-7-6-8-11(14(3)5-2)12(10)15(16)17/h6-8,13H,4-5,9H2,1-3H3. The van der Waals surface area contributed by atoms with Crippen LogP contribution in [0.25, 0.3) is 0 Å². The van der Waals surface area contributed by atoms with Gasteiger partial charge in [-0.25, -0.2) is 0 Å². The van der Waals surface area contributed by atoms with E-state index >= 15 is 0 Å². The van der Waals surface area contributed by atoms with E-state index in [4.69, 9.17) is 0 Å². The van der Waals surface area contributed by atoms with Crippen molar-refractivity contribution in [3.05, 3.63) is 28.3 Å². The largest absolute Gasteiger partial charge is 0.379 e. The van der Waals surface area contributed by atoms with Crippen LogP contribution in [0, 0.1) is 10.1 Å². The summed E-state index contributed by atoms with van der Waals surface area (Å²) in [6.07, 6.45) is 0.936. The van der Waals surface area contributed by atoms with Crippen LogP contribution in [-0.2, 0) is 0 Å². The Morgan fingerprint density at radius 1 is 1.41 bits per heavy atom. The van der Waals surface area contributed by atoms with Crippen LogP contribution >= 0.6 is 0 Å². The first-order valence-electron chi connectivity index (χ1n) is 5.84. The molecule has 0 saturated carbocycles. The highest BCUT2D eigenvalue weighted by Gasteiger charge is 2.21. The number of nitro benzene ring substituents is 1. The van der Waals surface area contributed by atoms with Gasteiger partial charge in [-0.05, 0) is 25.5 Å². The fraction of sp³-hybridized carbons (Fsp3) is 0.500. The molecule has 1 rings (SSSR count). The van der Waals surface area contributed by atoms with Crippen LogP contribution in [0.3, 0.4) is 0 Å². The fourth-order valence-electron chi connectivity index (χ4n) is 1.60. The average molecular weight is 237 g/mol. The summed E-state index contributed by atoms with van der Waals surface area (Å²) in [5, 5.41) is 14.3. The number of hydrogen-bond donors (Lipinski definition) is 1. The zero-order valence-electron chi connectivity index (χ0n) is 10.6. The van der Waals surface area contributed by atoms with Crippen molar-refractivity contribution in [2.24, 2.45) is 0 Å². The molecule has 17 heavy (non-hydrogen) atoms. The zero-order chi connectivity index (χ0) is 12.8. The molecule has 0 fully saturated rings. The zero-order valence-corrected chi connectivity index (χ0v) is 10.6. The second-order valence-corrected chi connectivity index (χ2v) is 3.87. The predicted molar refractivity (Wildman–Crippen MR) is 70.8 cm³/mol. The SMILES string of the molecule is CCCNc1cccc(N(C)CC)c1[N+](=O)[O-]. The Morgan fingerprint density at radius 3 is 2.65 bits per heavy atom. The van der Waals surface area contributed by atoms with Crippen LogP contribution in [0.4, 0.5) is 17.1 Å². The van der Waals surface area contributed by atoms with E-state index in [2.05, 4.69) is 5.32 Å². The van der Waals surface area contributed by atoms with E-state index in [0.717, 1.165) is 19.5 Å². The second-order valence-electron chi connectivity index (χ2n) is 3.87. The lowest BCUT2D eigenvalue weighted by atomic mass is 10.2. The van der Waals surface area contributed by atoms with Crippen molar-refractivity contribution in [1.82, 2.24) is 0 Å². The average Bonchev–Trinajstić information content (AvgIpc) is 2.34. The summed E-state index contributed by atoms with van der Waals surface area (Å²) >= 11 is 0. The molecule has 0 saturated heterocycles. The topological polar surface area (TPSA) is 58.4 Å². The predicted octanol–water partition coefficient (Wildman–Crippen LogP) is 2.87. The summed E-state index contributed by atoms with van der Waals surface area (Å²) in [5.74, 6) is 0. The maximum absolute atomic E-state index is 11.2. The Bertz CT molecular complexity index is 393. The first-order valence-corrected chi connectivity index (χ1v) is 5.84. The first-order chi connectivity index (χ1) is 8.11. The van der Waals surface area contributed by atoms with Crippen molar-refractivity contribution >= 4 is 17.1 Å². The maximum Gasteiger partial charge on any atom is 0.315 e. The van der Waals surface area contributed by atoms with Gasteiger partial charge in [0.15, 0.2) is 0 Å². The molecule has 0 bridgehead atoms. The van der Waals surface area contributed by atoms with Crippen LogP contribution in [-0.4, -0.2) is 25.1 Å². The quantitative estimate of drug-likeness (QED) is 0.610. The number of para-hydroxylation sites is 1. The molecule has 0 radical (unpaired) electrons. The van der Waals surface area contributed by atoms with Crippen molar-refractivity contribution in [3.63, 3.8) is 0 Å². The van der Waals surface area contributed by atoms with E-state index in [9.17, 15) is 10.1 Å². The molecule has 0 unspecified atom stereocenters. The normalized spacial score (nSPS) is 10.1. The molecule has 0 aliphatic heterocycles. The molecule has 5 nitrogen and oxygen atoms in total. The van der Waals surface area contributed by atoms with Crippen molar-refractivity contribution in [2.45, 2.75) is 20.3 Å². The van der Waals surface area contributed by atoms with Gasteiger partial charge in [-0.15, -0.1) is 0 Å². The van der Waals surface area contributed by atoms with Crippen LogP contribution in [0.5, 0.6) is 0 Å². The number of benzene rings is 1. The minimum Gasteiger partial charge on any atom is -0.379 e. The van der Waals surface area contributed by atoms with Crippen LogP contribution in [0.2, 0.25) is 0 Å². The number of rotatable bonds is 6. The number of nitro groups is 1. The summed E-state index contributed by atoms with van der Waals surface area (Å²) in [4.78, 5) is 12.7. The monoisotopic (exact) mass is 237 g/mol. The van der Waals surface area contributed by atoms with E-state index in [0.29, 0.717) is 11.4 Å². The van der Waals surface area contributed by atoms with Crippen LogP contribution < -0.4 is 10.2 Å². The van der Waals surface area contributed by atoms with Crippen molar-refractivity contribution in [2.75, 3.05) is 30.4 Å². The third kappa shape index (κ3) is 3.09. The summed E-state index contributed by atoms with van der Waals surface area (Å²) in [5.41, 5.74) is 1.40. The summed E-state index contributed by atoms with van der Waals surface area (Å²) in [7, 11) is 1.85. The molecule has 0 spiro atoms. The summed E-state index contributed by atoms with van der Waals surface area (Å²) < 4.78 is 0. The lowest BCUT2D eigenvalue weighted by molar-refractivity contribution is -0.383. The lowest BCUT2D eigenvalue weighted by Crippen LogP contribution is -2.18. The minimum absolute atomic E-state index is 0.158. The third-order valence-electron chi connectivity index (χ3n) is 2.65. The highest BCUT2D eigenvalue weighted by molar-refractivity contribution is 5.76. The molecule has 1 N–H and O–H groups in total. The van der Waals surface area contributed by atoms with E-state index in [1.165, 1.54) is 0 Å². The van der Waals surface area contributed by atoms with Crippen LogP contribution in [0.1, 0.15) is 20.3 Å². The molecular weight excluding hydrogens is 218 g/mol. The molecule has 0 aliphatic carbocycles. The van der Waals surface area contributed by atoms with Crippen LogP contribution in [0.15, 0.2) is 18.2 Å². The van der Waals surface area contributed by atoms with Gasteiger partial charge in [-0.2, -0.15) is 0 Å². The molecule has 1 aromatic rings. The molecular formula is C12H19N3O2. The molecule has 0 amide bonds. The molecule has 94 valence electrons. The maximum atomic E-state index is 11.2. The Labute approximate surface area is 102 Å². The molecule has 5 heteroatoms. The van der Waals surface area contributed by atoms with E-state index in [1.54, 1.807) is 12.1 Å². The molecule has 1 aromatic carbocycles. The Hall–Kier alpha value is -1.78. The van der Waals surface area contributed by atoms with E-state index in [-0.39, 0.29) is 10.6 Å². The Kier molecular flexibility index (Phi) is 4.75. The van der Waals surface area contributed by atoms with Gasteiger partial charge in [0.05, 0.1) is 4.92 Å². The van der Waals surface area contributed by atoms with Gasteiger partial charge in [0.1, 0.15) is 11.4 Å². The van der Waals surface area contributed by atoms with Gasteiger partial charge in [-0.3, -0.25) is 10.1 Å². The molecule has 0 atom stereocenters. The third-order valence-corrected chi connectivity index (χ3v) is 2.65. The number of anilines is 2. The Morgan fingerprint density at radius 2 is 2.12 bits per heavy atom. The van der Waals surface area contributed by atoms with Gasteiger partial charge >= 0.3 is 5.69 Å². The number of nitrogens with one attached hydrogen (secondary N) is 1. The van der Waals surface area contributed by atoms with Crippen molar-refractivity contribution in [3.8, 4) is 0 Å². The fourth-order valence-corrected chi connectivity index (χ4v) is 1.60. The molecule has 0 heterocycles. The van der Waals surface area contributed by atoms with Gasteiger partial charge in [0.25, 0.3) is 0 Å². The van der Waals surface area contributed by atoms with Gasteiger partial charge in [0.2, 0.25) is 0 Å². The van der Waals surface area contributed by atoms with Crippen molar-refractivity contribution < 1.29 is 4.92 Å². The van der Waals surface area contributed by atoms with E-state index in [1.807, 2.05) is 31.9 Å². The number of hydrogen-bond acceptors (Lipinski definition) is 4. The van der Waals surface area contributed by atoms with E-state index < -0.39 is 0 Å². The molecule has 0 aromatic heterocycles. The van der Waals surface area contributed by atoms with Gasteiger partial charge in [-0.1, -0.05) is 13.0 Å². The minimum atomic E-state index is -0.320. The summed E-state index contributed by atoms with van der Waals surface area (Å²) in [6, 6.07) is 5.37. The molecule has 0 aliphatic rings. The smallest absolute Gasteiger partial charge is 0.315 e. The van der Waals surface area contributed by atoms with Gasteiger partial charge in [0, 0.05) is 20.1 Å². The highest BCUT2D eigenvalue weighted by atomic mass is 16.6. The lowest BCUT2D eigenvalue weighted by Gasteiger charge is -2.18. The Balaban J connectivity index is 3.17.